The molecule has 0 aliphatic rings. The van der Waals surface area contributed by atoms with E-state index in [-0.39, 0.29) is 20.1 Å². The van der Waals surface area contributed by atoms with Crippen molar-refractivity contribution >= 4 is 0 Å². The molecule has 0 aliphatic carbocycles. The van der Waals surface area contributed by atoms with Gasteiger partial charge in [0.2, 0.25) is 0 Å². The van der Waals surface area contributed by atoms with E-state index in [2.05, 4.69) is 36.5 Å². The zero-order valence-electron chi connectivity index (χ0n) is 10.4. The Bertz CT molecular complexity index is 462. The SMILES string of the molecule is CCC(C)c1cnc(-c2[c-]cccc2)n1C.[Ir]. The van der Waals surface area contributed by atoms with Gasteiger partial charge in [-0.15, -0.1) is 35.9 Å². The van der Waals surface area contributed by atoms with Gasteiger partial charge < -0.3 is 4.57 Å². The molecule has 0 fully saturated rings. The van der Waals surface area contributed by atoms with Crippen LogP contribution in [0.1, 0.15) is 31.9 Å². The molecule has 1 atom stereocenters. The summed E-state index contributed by atoms with van der Waals surface area (Å²) in [6.07, 6.45) is 3.11. The van der Waals surface area contributed by atoms with Crippen molar-refractivity contribution in [3.63, 3.8) is 0 Å². The summed E-state index contributed by atoms with van der Waals surface area (Å²) >= 11 is 0. The maximum absolute atomic E-state index is 4.49. The Morgan fingerprint density at radius 2 is 2.18 bits per heavy atom. The molecule has 0 aliphatic heterocycles. The molecule has 0 N–H and O–H groups in total. The number of benzene rings is 1. The number of imidazole rings is 1. The number of nitrogens with zero attached hydrogens (tertiary/aromatic N) is 2. The van der Waals surface area contributed by atoms with Gasteiger partial charge in [-0.1, -0.05) is 13.8 Å². The van der Waals surface area contributed by atoms with E-state index in [9.17, 15) is 0 Å². The molecule has 1 heterocycles. The smallest absolute Gasteiger partial charge is 0.0558 e. The second-order valence-electron chi connectivity index (χ2n) is 4.15. The fourth-order valence-corrected chi connectivity index (χ4v) is 1.87. The third kappa shape index (κ3) is 2.85. The summed E-state index contributed by atoms with van der Waals surface area (Å²) in [5.41, 5.74) is 2.34. The minimum absolute atomic E-state index is 0. The summed E-state index contributed by atoms with van der Waals surface area (Å²) in [4.78, 5) is 4.49. The Morgan fingerprint density at radius 3 is 2.76 bits per heavy atom. The second-order valence-corrected chi connectivity index (χ2v) is 4.15. The topological polar surface area (TPSA) is 17.8 Å². The molecule has 2 aromatic rings. The van der Waals surface area contributed by atoms with E-state index < -0.39 is 0 Å². The third-order valence-corrected chi connectivity index (χ3v) is 3.09. The molecule has 1 unspecified atom stereocenters. The largest absolute Gasteiger partial charge is 0.371 e. The Balaban J connectivity index is 0.00000144. The van der Waals surface area contributed by atoms with Crippen molar-refractivity contribution in [2.75, 3.05) is 0 Å². The Kier molecular flexibility index (Phi) is 5.10. The van der Waals surface area contributed by atoms with Crippen molar-refractivity contribution in [1.29, 1.82) is 0 Å². The van der Waals surface area contributed by atoms with Crippen LogP contribution in [0, 0.1) is 6.07 Å². The van der Waals surface area contributed by atoms with Crippen LogP contribution in [-0.4, -0.2) is 9.55 Å². The number of aromatic nitrogens is 2. The first-order valence-corrected chi connectivity index (χ1v) is 5.72. The maximum Gasteiger partial charge on any atom is 0.0558 e. The summed E-state index contributed by atoms with van der Waals surface area (Å²) in [6.45, 7) is 4.43. The van der Waals surface area contributed by atoms with E-state index in [0.717, 1.165) is 17.8 Å². The average molecular weight is 406 g/mol. The molecular formula is C14H17IrN2-. The van der Waals surface area contributed by atoms with E-state index in [0.29, 0.717) is 5.92 Å². The van der Waals surface area contributed by atoms with Gasteiger partial charge in [0, 0.05) is 39.0 Å². The van der Waals surface area contributed by atoms with Gasteiger partial charge in [-0.05, 0) is 12.3 Å². The third-order valence-electron chi connectivity index (χ3n) is 3.09. The minimum Gasteiger partial charge on any atom is -0.371 e. The van der Waals surface area contributed by atoms with E-state index in [4.69, 9.17) is 0 Å². The van der Waals surface area contributed by atoms with Crippen LogP contribution in [0.2, 0.25) is 0 Å². The molecule has 0 saturated heterocycles. The van der Waals surface area contributed by atoms with Gasteiger partial charge in [0.05, 0.1) is 5.82 Å². The van der Waals surface area contributed by atoms with Crippen molar-refractivity contribution in [2.24, 2.45) is 7.05 Å². The molecule has 17 heavy (non-hydrogen) atoms. The zero-order chi connectivity index (χ0) is 11.5. The van der Waals surface area contributed by atoms with E-state index in [1.165, 1.54) is 5.69 Å². The molecule has 0 saturated carbocycles. The van der Waals surface area contributed by atoms with Gasteiger partial charge in [0.15, 0.2) is 0 Å². The summed E-state index contributed by atoms with van der Waals surface area (Å²) in [7, 11) is 2.07. The quantitative estimate of drug-likeness (QED) is 0.716. The molecule has 1 radical (unpaired) electrons. The van der Waals surface area contributed by atoms with Crippen LogP contribution in [0.25, 0.3) is 11.4 Å². The number of rotatable bonds is 3. The first-order chi connectivity index (χ1) is 7.74. The summed E-state index contributed by atoms with van der Waals surface area (Å²) in [5, 5.41) is 0. The summed E-state index contributed by atoms with van der Waals surface area (Å²) in [5.74, 6) is 1.55. The monoisotopic (exact) mass is 406 g/mol. The normalized spacial score (nSPS) is 11.9. The second kappa shape index (κ2) is 6.13. The Morgan fingerprint density at radius 1 is 1.41 bits per heavy atom. The molecule has 0 spiro atoms. The molecule has 1 aromatic carbocycles. The maximum atomic E-state index is 4.49. The zero-order valence-corrected chi connectivity index (χ0v) is 12.8. The molecule has 1 aromatic heterocycles. The van der Waals surface area contributed by atoms with Gasteiger partial charge in [0.25, 0.3) is 0 Å². The van der Waals surface area contributed by atoms with E-state index >= 15 is 0 Å². The molecule has 0 amide bonds. The first kappa shape index (κ1) is 14.1. The van der Waals surface area contributed by atoms with Crippen LogP contribution in [0.3, 0.4) is 0 Å². The van der Waals surface area contributed by atoms with Crippen molar-refractivity contribution in [3.05, 3.63) is 42.2 Å². The van der Waals surface area contributed by atoms with Crippen LogP contribution < -0.4 is 0 Å². The standard InChI is InChI=1S/C14H17N2.Ir/c1-4-11(2)13-10-15-14(16(13)3)12-8-6-5-7-9-12;/h5-8,10-11H,4H2,1-3H3;/q-1;. The van der Waals surface area contributed by atoms with Crippen molar-refractivity contribution in [1.82, 2.24) is 9.55 Å². The molecule has 2 nitrogen and oxygen atoms in total. The molecule has 0 bridgehead atoms. The molecular weight excluding hydrogens is 388 g/mol. The van der Waals surface area contributed by atoms with Crippen LogP contribution in [0.5, 0.6) is 0 Å². The van der Waals surface area contributed by atoms with Gasteiger partial charge >= 0.3 is 0 Å². The van der Waals surface area contributed by atoms with Crippen LogP contribution in [-0.2, 0) is 27.2 Å². The predicted octanol–water partition coefficient (Wildman–Crippen LogP) is 3.40. The van der Waals surface area contributed by atoms with Crippen LogP contribution in [0.15, 0.2) is 30.5 Å². The summed E-state index contributed by atoms with van der Waals surface area (Å²) < 4.78 is 2.17. The summed E-state index contributed by atoms with van der Waals surface area (Å²) in [6, 6.07) is 11.2. The van der Waals surface area contributed by atoms with Gasteiger partial charge in [0.1, 0.15) is 0 Å². The van der Waals surface area contributed by atoms with Crippen molar-refractivity contribution in [2.45, 2.75) is 26.2 Å². The average Bonchev–Trinajstić information content (AvgIpc) is 2.71. The fourth-order valence-electron chi connectivity index (χ4n) is 1.87. The Hall–Kier alpha value is -0.921. The van der Waals surface area contributed by atoms with Gasteiger partial charge in [-0.25, -0.2) is 0 Å². The molecule has 3 heteroatoms. The minimum atomic E-state index is 0. The van der Waals surface area contributed by atoms with E-state index in [1.54, 1.807) is 0 Å². The van der Waals surface area contributed by atoms with Crippen molar-refractivity contribution < 1.29 is 20.1 Å². The van der Waals surface area contributed by atoms with Crippen LogP contribution in [0.4, 0.5) is 0 Å². The molecule has 2 rings (SSSR count). The Labute approximate surface area is 116 Å². The molecule has 93 valence electrons. The number of hydrogen-bond donors (Lipinski definition) is 0. The van der Waals surface area contributed by atoms with Crippen molar-refractivity contribution in [3.8, 4) is 11.4 Å². The predicted molar refractivity (Wildman–Crippen MR) is 66.2 cm³/mol. The van der Waals surface area contributed by atoms with Crippen LogP contribution >= 0.6 is 0 Å². The van der Waals surface area contributed by atoms with E-state index in [1.807, 2.05) is 30.5 Å². The number of hydrogen-bond acceptors (Lipinski definition) is 1. The fraction of sp³-hybridized carbons (Fsp3) is 0.357. The first-order valence-electron chi connectivity index (χ1n) is 5.72. The van der Waals surface area contributed by atoms with Gasteiger partial charge in [-0.3, -0.25) is 4.98 Å². The van der Waals surface area contributed by atoms with Gasteiger partial charge in [-0.2, -0.15) is 0 Å².